The second-order valence-electron chi connectivity index (χ2n) is 2.74. The molecule has 0 N–H and O–H groups in total. The third-order valence-corrected chi connectivity index (χ3v) is 1.99. The maximum absolute atomic E-state index is 5.32. The monoisotopic (exact) mass is 134 g/mol. The SMILES string of the molecule is CC1=C2OC=CC2CC=C1. The van der Waals surface area contributed by atoms with Gasteiger partial charge in [0.25, 0.3) is 0 Å². The zero-order chi connectivity index (χ0) is 6.97. The number of rotatable bonds is 0. The van der Waals surface area contributed by atoms with Crippen molar-refractivity contribution >= 4 is 0 Å². The van der Waals surface area contributed by atoms with Gasteiger partial charge in [0.05, 0.1) is 6.26 Å². The van der Waals surface area contributed by atoms with Crippen molar-refractivity contribution in [3.8, 4) is 0 Å². The van der Waals surface area contributed by atoms with Gasteiger partial charge in [-0.2, -0.15) is 0 Å². The van der Waals surface area contributed by atoms with Crippen molar-refractivity contribution in [3.05, 3.63) is 35.8 Å². The van der Waals surface area contributed by atoms with E-state index >= 15 is 0 Å². The lowest BCUT2D eigenvalue weighted by atomic mass is 9.96. The van der Waals surface area contributed by atoms with Crippen molar-refractivity contribution in [2.75, 3.05) is 0 Å². The molecule has 1 unspecified atom stereocenters. The molecule has 1 heterocycles. The zero-order valence-electron chi connectivity index (χ0n) is 6.00. The van der Waals surface area contributed by atoms with E-state index < -0.39 is 0 Å². The summed E-state index contributed by atoms with van der Waals surface area (Å²) in [6.45, 7) is 2.09. The Morgan fingerprint density at radius 1 is 1.60 bits per heavy atom. The van der Waals surface area contributed by atoms with Crippen molar-refractivity contribution in [2.45, 2.75) is 13.3 Å². The van der Waals surface area contributed by atoms with E-state index in [4.69, 9.17) is 4.74 Å². The molecule has 1 atom stereocenters. The number of allylic oxidation sites excluding steroid dienone is 4. The maximum Gasteiger partial charge on any atom is 0.113 e. The van der Waals surface area contributed by atoms with Crippen molar-refractivity contribution < 1.29 is 4.74 Å². The highest BCUT2D eigenvalue weighted by atomic mass is 16.5. The van der Waals surface area contributed by atoms with Gasteiger partial charge >= 0.3 is 0 Å². The molecule has 0 amide bonds. The van der Waals surface area contributed by atoms with Gasteiger partial charge < -0.3 is 4.74 Å². The van der Waals surface area contributed by atoms with Crippen LogP contribution in [0.2, 0.25) is 0 Å². The van der Waals surface area contributed by atoms with Crippen molar-refractivity contribution in [1.82, 2.24) is 0 Å². The van der Waals surface area contributed by atoms with Crippen LogP contribution >= 0.6 is 0 Å². The summed E-state index contributed by atoms with van der Waals surface area (Å²) >= 11 is 0. The molecule has 0 bridgehead atoms. The number of hydrogen-bond acceptors (Lipinski definition) is 1. The van der Waals surface area contributed by atoms with E-state index in [1.165, 1.54) is 5.57 Å². The summed E-state index contributed by atoms with van der Waals surface area (Å²) in [4.78, 5) is 0. The van der Waals surface area contributed by atoms with Crippen LogP contribution in [0.5, 0.6) is 0 Å². The Balaban J connectivity index is 2.38. The van der Waals surface area contributed by atoms with Gasteiger partial charge in [-0.3, -0.25) is 0 Å². The minimum Gasteiger partial charge on any atom is -0.469 e. The van der Waals surface area contributed by atoms with Crippen molar-refractivity contribution in [3.63, 3.8) is 0 Å². The molecule has 2 rings (SSSR count). The largest absolute Gasteiger partial charge is 0.469 e. The first kappa shape index (κ1) is 5.78. The van der Waals surface area contributed by atoms with E-state index in [1.54, 1.807) is 6.26 Å². The van der Waals surface area contributed by atoms with E-state index in [1.807, 2.05) is 0 Å². The van der Waals surface area contributed by atoms with Crippen LogP contribution in [0.1, 0.15) is 13.3 Å². The fourth-order valence-corrected chi connectivity index (χ4v) is 1.43. The van der Waals surface area contributed by atoms with Crippen LogP contribution in [-0.4, -0.2) is 0 Å². The Morgan fingerprint density at radius 3 is 3.30 bits per heavy atom. The lowest BCUT2D eigenvalue weighted by Gasteiger charge is -2.13. The van der Waals surface area contributed by atoms with Crippen LogP contribution in [0.4, 0.5) is 0 Å². The molecule has 0 radical (unpaired) electrons. The summed E-state index contributed by atoms with van der Waals surface area (Å²) < 4.78 is 5.32. The molecule has 1 aliphatic carbocycles. The minimum absolute atomic E-state index is 0.532. The Kier molecular flexibility index (Phi) is 1.16. The van der Waals surface area contributed by atoms with Gasteiger partial charge in [-0.25, -0.2) is 0 Å². The molecule has 0 aromatic heterocycles. The Morgan fingerprint density at radius 2 is 2.50 bits per heavy atom. The highest BCUT2D eigenvalue weighted by Gasteiger charge is 2.20. The average Bonchev–Trinajstić information content (AvgIpc) is 2.36. The van der Waals surface area contributed by atoms with Crippen LogP contribution < -0.4 is 0 Å². The maximum atomic E-state index is 5.32. The fourth-order valence-electron chi connectivity index (χ4n) is 1.43. The normalized spacial score (nSPS) is 28.7. The topological polar surface area (TPSA) is 9.23 Å². The lowest BCUT2D eigenvalue weighted by Crippen LogP contribution is -2.01. The molecule has 1 nitrogen and oxygen atoms in total. The quantitative estimate of drug-likeness (QED) is 0.494. The Labute approximate surface area is 60.7 Å². The molecule has 10 heavy (non-hydrogen) atoms. The first-order valence-corrected chi connectivity index (χ1v) is 3.58. The highest BCUT2D eigenvalue weighted by Crippen LogP contribution is 2.31. The van der Waals surface area contributed by atoms with Crippen LogP contribution in [0, 0.1) is 5.92 Å². The van der Waals surface area contributed by atoms with Crippen LogP contribution in [0.15, 0.2) is 35.8 Å². The number of hydrogen-bond donors (Lipinski definition) is 0. The second-order valence-corrected chi connectivity index (χ2v) is 2.74. The van der Waals surface area contributed by atoms with Crippen LogP contribution in [0.3, 0.4) is 0 Å². The van der Waals surface area contributed by atoms with Gasteiger partial charge in [0.1, 0.15) is 5.76 Å². The average molecular weight is 134 g/mol. The van der Waals surface area contributed by atoms with E-state index in [0.29, 0.717) is 5.92 Å². The molecule has 0 saturated heterocycles. The van der Waals surface area contributed by atoms with E-state index in [0.717, 1.165) is 12.2 Å². The smallest absolute Gasteiger partial charge is 0.113 e. The lowest BCUT2D eigenvalue weighted by molar-refractivity contribution is 0.336. The molecule has 0 saturated carbocycles. The zero-order valence-corrected chi connectivity index (χ0v) is 6.00. The third kappa shape index (κ3) is 0.703. The Bertz CT molecular complexity index is 233. The van der Waals surface area contributed by atoms with Gasteiger partial charge in [0.2, 0.25) is 0 Å². The number of fused-ring (bicyclic) bond motifs is 1. The molecular weight excluding hydrogens is 124 g/mol. The van der Waals surface area contributed by atoms with Crippen LogP contribution in [0.25, 0.3) is 0 Å². The first-order valence-electron chi connectivity index (χ1n) is 3.58. The van der Waals surface area contributed by atoms with Gasteiger partial charge in [0, 0.05) is 5.92 Å². The summed E-state index contributed by atoms with van der Waals surface area (Å²) in [5.74, 6) is 1.67. The van der Waals surface area contributed by atoms with Gasteiger partial charge in [-0.15, -0.1) is 0 Å². The second kappa shape index (κ2) is 2.01. The van der Waals surface area contributed by atoms with Gasteiger partial charge in [-0.05, 0) is 25.0 Å². The molecule has 1 aliphatic heterocycles. The summed E-state index contributed by atoms with van der Waals surface area (Å²) in [6, 6.07) is 0. The minimum atomic E-state index is 0.532. The summed E-state index contributed by atoms with van der Waals surface area (Å²) in [5.41, 5.74) is 1.27. The van der Waals surface area contributed by atoms with Gasteiger partial charge in [-0.1, -0.05) is 12.2 Å². The molecule has 52 valence electrons. The molecule has 2 aliphatic rings. The molecular formula is C9H10O. The number of ether oxygens (including phenoxy) is 1. The van der Waals surface area contributed by atoms with Crippen molar-refractivity contribution in [2.24, 2.45) is 5.92 Å². The van der Waals surface area contributed by atoms with Crippen molar-refractivity contribution in [1.29, 1.82) is 0 Å². The third-order valence-electron chi connectivity index (χ3n) is 1.99. The molecule has 0 aromatic rings. The predicted molar refractivity (Wildman–Crippen MR) is 40.2 cm³/mol. The standard InChI is InChI=1S/C9H10O/c1-7-3-2-4-8-5-6-10-9(7)8/h2-3,5-6,8H,4H2,1H3. The van der Waals surface area contributed by atoms with E-state index in [9.17, 15) is 0 Å². The van der Waals surface area contributed by atoms with Gasteiger partial charge in [0.15, 0.2) is 0 Å². The predicted octanol–water partition coefficient (Wildman–Crippen LogP) is 2.38. The summed E-state index contributed by atoms with van der Waals surface area (Å²) in [7, 11) is 0. The first-order chi connectivity index (χ1) is 4.88. The molecule has 0 aromatic carbocycles. The Hall–Kier alpha value is -0.980. The fraction of sp³-hybridized carbons (Fsp3) is 0.333. The summed E-state index contributed by atoms with van der Waals surface area (Å²) in [5, 5.41) is 0. The summed E-state index contributed by atoms with van der Waals surface area (Å²) in [6.07, 6.45) is 9.32. The van der Waals surface area contributed by atoms with E-state index in [-0.39, 0.29) is 0 Å². The molecule has 1 heteroatoms. The van der Waals surface area contributed by atoms with Crippen LogP contribution in [-0.2, 0) is 4.74 Å². The van der Waals surface area contributed by atoms with E-state index in [2.05, 4.69) is 25.2 Å². The molecule has 0 fully saturated rings. The highest BCUT2D eigenvalue weighted by molar-refractivity contribution is 5.31. The molecule has 0 spiro atoms.